The normalized spacial score (nSPS) is 10.1. The maximum Gasteiger partial charge on any atom is 0.170 e. The molecule has 5 heteroatoms. The SMILES string of the molecule is CCOc1ccc(NC(=S)NCCN(C)c2ccc(C)cc2)cc1. The lowest BCUT2D eigenvalue weighted by atomic mass is 10.2. The summed E-state index contributed by atoms with van der Waals surface area (Å²) in [6, 6.07) is 16.3. The third-order valence-electron chi connectivity index (χ3n) is 3.63. The third kappa shape index (κ3) is 5.74. The Morgan fingerprint density at radius 1 is 1.08 bits per heavy atom. The van der Waals surface area contributed by atoms with Crippen LogP contribution >= 0.6 is 12.2 Å². The smallest absolute Gasteiger partial charge is 0.170 e. The van der Waals surface area contributed by atoms with Gasteiger partial charge in [0.2, 0.25) is 0 Å². The first-order valence-electron chi connectivity index (χ1n) is 8.14. The minimum absolute atomic E-state index is 0.622. The average molecular weight is 343 g/mol. The van der Waals surface area contributed by atoms with Crippen molar-refractivity contribution in [2.75, 3.05) is 37.0 Å². The van der Waals surface area contributed by atoms with Gasteiger partial charge in [-0.3, -0.25) is 0 Å². The standard InChI is InChI=1S/C19H25N3OS/c1-4-23-18-11-7-16(8-12-18)21-19(24)20-13-14-22(3)17-9-5-15(2)6-10-17/h5-12H,4,13-14H2,1-3H3,(H2,20,21,24). The van der Waals surface area contributed by atoms with Crippen molar-refractivity contribution in [1.29, 1.82) is 0 Å². The highest BCUT2D eigenvalue weighted by atomic mass is 32.1. The van der Waals surface area contributed by atoms with Gasteiger partial charge in [-0.15, -0.1) is 0 Å². The van der Waals surface area contributed by atoms with E-state index in [4.69, 9.17) is 17.0 Å². The van der Waals surface area contributed by atoms with Crippen LogP contribution in [0.15, 0.2) is 48.5 Å². The Morgan fingerprint density at radius 3 is 2.38 bits per heavy atom. The van der Waals surface area contributed by atoms with Gasteiger partial charge in [-0.25, -0.2) is 0 Å². The summed E-state index contributed by atoms with van der Waals surface area (Å²) < 4.78 is 5.42. The minimum atomic E-state index is 0.622. The van der Waals surface area contributed by atoms with Crippen LogP contribution in [0.5, 0.6) is 5.75 Å². The van der Waals surface area contributed by atoms with Crippen LogP contribution < -0.4 is 20.3 Å². The predicted octanol–water partition coefficient (Wildman–Crippen LogP) is 3.82. The molecule has 0 unspecified atom stereocenters. The molecule has 0 aliphatic carbocycles. The van der Waals surface area contributed by atoms with Gasteiger partial charge in [-0.05, 0) is 62.5 Å². The fraction of sp³-hybridized carbons (Fsp3) is 0.316. The van der Waals surface area contributed by atoms with Gasteiger partial charge in [0.1, 0.15) is 5.75 Å². The molecule has 2 aromatic carbocycles. The summed E-state index contributed by atoms with van der Waals surface area (Å²) in [5.41, 5.74) is 3.42. The van der Waals surface area contributed by atoms with Gasteiger partial charge < -0.3 is 20.3 Å². The molecule has 0 radical (unpaired) electrons. The van der Waals surface area contributed by atoms with Gasteiger partial charge in [-0.2, -0.15) is 0 Å². The average Bonchev–Trinajstić information content (AvgIpc) is 2.57. The Balaban J connectivity index is 1.73. The molecule has 2 N–H and O–H groups in total. The van der Waals surface area contributed by atoms with Gasteiger partial charge in [0.15, 0.2) is 5.11 Å². The molecule has 0 bridgehead atoms. The van der Waals surface area contributed by atoms with Gasteiger partial charge in [-0.1, -0.05) is 17.7 Å². The van der Waals surface area contributed by atoms with Crippen LogP contribution in [0.3, 0.4) is 0 Å². The van der Waals surface area contributed by atoms with Crippen LogP contribution in [0.4, 0.5) is 11.4 Å². The largest absolute Gasteiger partial charge is 0.494 e. The zero-order chi connectivity index (χ0) is 17.4. The number of nitrogens with one attached hydrogen (secondary N) is 2. The number of nitrogens with zero attached hydrogens (tertiary/aromatic N) is 1. The lowest BCUT2D eigenvalue weighted by molar-refractivity contribution is 0.340. The molecule has 0 fully saturated rings. The van der Waals surface area contributed by atoms with E-state index in [1.165, 1.54) is 11.3 Å². The van der Waals surface area contributed by atoms with Gasteiger partial charge in [0.05, 0.1) is 6.61 Å². The second-order valence-electron chi connectivity index (χ2n) is 5.60. The quantitative estimate of drug-likeness (QED) is 0.748. The molecule has 4 nitrogen and oxygen atoms in total. The number of hydrogen-bond donors (Lipinski definition) is 2. The molecular weight excluding hydrogens is 318 g/mol. The van der Waals surface area contributed by atoms with E-state index >= 15 is 0 Å². The van der Waals surface area contributed by atoms with E-state index in [0.29, 0.717) is 11.7 Å². The molecule has 2 rings (SSSR count). The summed E-state index contributed by atoms with van der Waals surface area (Å²) in [5, 5.41) is 7.03. The second-order valence-corrected chi connectivity index (χ2v) is 6.00. The zero-order valence-electron chi connectivity index (χ0n) is 14.5. The van der Waals surface area contributed by atoms with Crippen LogP contribution in [0.1, 0.15) is 12.5 Å². The molecule has 0 spiro atoms. The molecule has 0 amide bonds. The van der Waals surface area contributed by atoms with Gasteiger partial charge in [0.25, 0.3) is 0 Å². The highest BCUT2D eigenvalue weighted by Gasteiger charge is 2.02. The Hall–Kier alpha value is -2.27. The molecule has 0 heterocycles. The Bertz CT molecular complexity index is 641. The Labute approximate surface area is 149 Å². The van der Waals surface area contributed by atoms with E-state index in [9.17, 15) is 0 Å². The zero-order valence-corrected chi connectivity index (χ0v) is 15.3. The number of hydrogen-bond acceptors (Lipinski definition) is 3. The molecule has 0 aliphatic heterocycles. The number of benzene rings is 2. The highest BCUT2D eigenvalue weighted by molar-refractivity contribution is 7.80. The first kappa shape index (κ1) is 18.1. The summed E-state index contributed by atoms with van der Waals surface area (Å²) in [7, 11) is 2.08. The number of likely N-dealkylation sites (N-methyl/N-ethyl adjacent to an activating group) is 1. The molecular formula is C19H25N3OS. The van der Waals surface area contributed by atoms with E-state index < -0.39 is 0 Å². The summed E-state index contributed by atoms with van der Waals surface area (Å²) in [5.74, 6) is 0.863. The topological polar surface area (TPSA) is 36.5 Å². The van der Waals surface area contributed by atoms with Crippen molar-refractivity contribution in [2.24, 2.45) is 0 Å². The first-order valence-corrected chi connectivity index (χ1v) is 8.55. The van der Waals surface area contributed by atoms with Crippen molar-refractivity contribution in [1.82, 2.24) is 5.32 Å². The number of anilines is 2. The molecule has 128 valence electrons. The lowest BCUT2D eigenvalue weighted by Crippen LogP contribution is -2.35. The van der Waals surface area contributed by atoms with Crippen LogP contribution in [-0.4, -0.2) is 31.9 Å². The maximum atomic E-state index is 5.42. The lowest BCUT2D eigenvalue weighted by Gasteiger charge is -2.20. The molecule has 24 heavy (non-hydrogen) atoms. The fourth-order valence-electron chi connectivity index (χ4n) is 2.24. The molecule has 0 aliphatic rings. The van der Waals surface area contributed by atoms with Gasteiger partial charge in [0, 0.05) is 31.5 Å². The number of thiocarbonyl (C=S) groups is 1. The van der Waals surface area contributed by atoms with E-state index in [2.05, 4.69) is 53.8 Å². The van der Waals surface area contributed by atoms with Crippen molar-refractivity contribution in [3.8, 4) is 5.75 Å². The van der Waals surface area contributed by atoms with E-state index in [1.54, 1.807) is 0 Å². The summed E-state index contributed by atoms with van der Waals surface area (Å²) in [6.07, 6.45) is 0. The monoisotopic (exact) mass is 343 g/mol. The van der Waals surface area contributed by atoms with Crippen molar-refractivity contribution in [3.63, 3.8) is 0 Å². The number of aryl methyl sites for hydroxylation is 1. The van der Waals surface area contributed by atoms with E-state index in [-0.39, 0.29) is 0 Å². The maximum absolute atomic E-state index is 5.42. The highest BCUT2D eigenvalue weighted by Crippen LogP contribution is 2.15. The van der Waals surface area contributed by atoms with Crippen LogP contribution in [0.25, 0.3) is 0 Å². The van der Waals surface area contributed by atoms with E-state index in [0.717, 1.165) is 24.5 Å². The van der Waals surface area contributed by atoms with Crippen molar-refractivity contribution >= 4 is 28.7 Å². The molecule has 0 saturated carbocycles. The van der Waals surface area contributed by atoms with Gasteiger partial charge >= 0.3 is 0 Å². The van der Waals surface area contributed by atoms with Crippen LogP contribution in [0.2, 0.25) is 0 Å². The van der Waals surface area contributed by atoms with Crippen molar-refractivity contribution in [3.05, 3.63) is 54.1 Å². The molecule has 0 aromatic heterocycles. The third-order valence-corrected chi connectivity index (χ3v) is 3.88. The first-order chi connectivity index (χ1) is 11.6. The fourth-order valence-corrected chi connectivity index (χ4v) is 2.46. The predicted molar refractivity (Wildman–Crippen MR) is 106 cm³/mol. The van der Waals surface area contributed by atoms with Crippen LogP contribution in [0, 0.1) is 6.92 Å². The number of ether oxygens (including phenoxy) is 1. The Morgan fingerprint density at radius 2 is 1.75 bits per heavy atom. The van der Waals surface area contributed by atoms with E-state index in [1.807, 2.05) is 31.2 Å². The minimum Gasteiger partial charge on any atom is -0.494 e. The molecule has 2 aromatic rings. The number of rotatable bonds is 7. The summed E-state index contributed by atoms with van der Waals surface area (Å²) in [6.45, 7) is 6.37. The second kappa shape index (κ2) is 9.13. The van der Waals surface area contributed by atoms with Crippen LogP contribution in [-0.2, 0) is 0 Å². The van der Waals surface area contributed by atoms with Crippen molar-refractivity contribution < 1.29 is 4.74 Å². The summed E-state index contributed by atoms with van der Waals surface area (Å²) in [4.78, 5) is 2.20. The Kier molecular flexibility index (Phi) is 6.88. The van der Waals surface area contributed by atoms with Crippen molar-refractivity contribution in [2.45, 2.75) is 13.8 Å². The molecule has 0 saturated heterocycles. The molecule has 0 atom stereocenters. The summed E-state index contributed by atoms with van der Waals surface area (Å²) >= 11 is 5.33.